The Hall–Kier alpha value is -3.12. The molecule has 2 aliphatic rings. The van der Waals surface area contributed by atoms with Gasteiger partial charge in [-0.2, -0.15) is 0 Å². The second-order valence-electron chi connectivity index (χ2n) is 13.5. The fourth-order valence-electron chi connectivity index (χ4n) is 7.40. The summed E-state index contributed by atoms with van der Waals surface area (Å²) in [5, 5.41) is 4.25. The van der Waals surface area contributed by atoms with E-state index < -0.39 is 36.7 Å². The molecule has 2 N–H and O–H groups in total. The average Bonchev–Trinajstić information content (AvgIpc) is 3.63. The molecule has 3 amide bonds. The van der Waals surface area contributed by atoms with E-state index in [9.17, 15) is 32.6 Å². The number of amides is 3. The van der Waals surface area contributed by atoms with E-state index in [1.165, 1.54) is 51.5 Å². The van der Waals surface area contributed by atoms with Crippen LogP contribution in [0.25, 0.3) is 10.9 Å². The van der Waals surface area contributed by atoms with Gasteiger partial charge in [0.05, 0.1) is 23.5 Å². The van der Waals surface area contributed by atoms with Crippen LogP contribution in [0.2, 0.25) is 5.02 Å². The normalized spacial score (nSPS) is 17.3. The number of aromatic nitrogens is 1. The predicted octanol–water partition coefficient (Wildman–Crippen LogP) is -1.69. The van der Waals surface area contributed by atoms with E-state index >= 15 is 0 Å². The van der Waals surface area contributed by atoms with Gasteiger partial charge in [-0.3, -0.25) is 14.4 Å². The number of carbonyl (C=O) groups is 3. The van der Waals surface area contributed by atoms with Crippen LogP contribution in [0.4, 0.5) is 0 Å². The maximum Gasteiger partial charge on any atom is 1.00 e. The van der Waals surface area contributed by atoms with Crippen molar-refractivity contribution in [2.75, 3.05) is 19.6 Å². The Bertz CT molecular complexity index is 2380. The summed E-state index contributed by atoms with van der Waals surface area (Å²) in [6.07, 6.45) is 2.84. The molecule has 59 heavy (non-hydrogen) atoms. The summed E-state index contributed by atoms with van der Waals surface area (Å²) < 4.78 is 34.0. The van der Waals surface area contributed by atoms with E-state index in [4.69, 9.17) is 16.1 Å². The van der Waals surface area contributed by atoms with E-state index in [0.717, 1.165) is 5.56 Å². The van der Waals surface area contributed by atoms with Gasteiger partial charge in [0.1, 0.15) is 26.6 Å². The maximum atomic E-state index is 14.7. The number of para-hydroxylation sites is 1. The zero-order valence-corrected chi connectivity index (χ0v) is 39.0. The van der Waals surface area contributed by atoms with Crippen LogP contribution in [0.1, 0.15) is 23.1 Å². The summed E-state index contributed by atoms with van der Waals surface area (Å²) in [7, 11) is -6.96. The molecule has 0 saturated carbocycles. The number of aryl methyl sites for hydroxylation is 1. The summed E-state index contributed by atoms with van der Waals surface area (Å²) in [6, 6.07) is 27.7. The Labute approximate surface area is 392 Å². The van der Waals surface area contributed by atoms with Crippen molar-refractivity contribution in [3.63, 3.8) is 0 Å². The zero-order chi connectivity index (χ0) is 39.6. The summed E-state index contributed by atoms with van der Waals surface area (Å²) in [5.74, 6) is -0.821. The second-order valence-corrected chi connectivity index (χ2v) is 16.4. The summed E-state index contributed by atoms with van der Waals surface area (Å²) in [4.78, 5) is 66.6. The van der Waals surface area contributed by atoms with Gasteiger partial charge < -0.3 is 29.6 Å². The summed E-state index contributed by atoms with van der Waals surface area (Å²) in [5.41, 5.74) is 2.54. The van der Waals surface area contributed by atoms with Crippen molar-refractivity contribution < 1.29 is 102 Å². The van der Waals surface area contributed by atoms with Gasteiger partial charge in [-0.05, 0) is 65.6 Å². The van der Waals surface area contributed by atoms with Gasteiger partial charge in [0.15, 0.2) is 0 Å². The van der Waals surface area contributed by atoms with Gasteiger partial charge >= 0.3 is 59.1 Å². The smallest absolute Gasteiger partial charge is 0.870 e. The molecular formula is C40H39ClN5Na2O9PS. The van der Waals surface area contributed by atoms with Crippen molar-refractivity contribution in [3.8, 4) is 5.75 Å². The van der Waals surface area contributed by atoms with Crippen LogP contribution in [-0.2, 0) is 43.8 Å². The molecule has 4 aromatic carbocycles. The molecule has 1 aromatic heterocycles. The number of rotatable bonds is 13. The Morgan fingerprint density at radius 2 is 1.64 bits per heavy atom. The molecule has 2 fully saturated rings. The number of benzene rings is 4. The number of nitrogens with zero attached hydrogens (tertiary/aromatic N) is 5. The Morgan fingerprint density at radius 1 is 0.949 bits per heavy atom. The minimum absolute atomic E-state index is 0. The van der Waals surface area contributed by atoms with Crippen LogP contribution in [0, 0.1) is 0 Å². The van der Waals surface area contributed by atoms with Crippen LogP contribution in [-0.4, -0.2) is 92.1 Å². The largest absolute Gasteiger partial charge is 1.00 e. The van der Waals surface area contributed by atoms with E-state index in [-0.39, 0.29) is 126 Å². The molecule has 3 heterocycles. The van der Waals surface area contributed by atoms with Crippen molar-refractivity contribution in [2.24, 2.45) is 0 Å². The first-order chi connectivity index (χ1) is 26.9. The number of piperazine rings is 1. The van der Waals surface area contributed by atoms with Crippen molar-refractivity contribution in [2.45, 2.75) is 42.9 Å². The average molecular weight is 878 g/mol. The summed E-state index contributed by atoms with van der Waals surface area (Å²) >= 11 is 6.05. The molecule has 1 unspecified atom stereocenters. The predicted molar refractivity (Wildman–Crippen MR) is 211 cm³/mol. The molecule has 0 bridgehead atoms. The standard InChI is InChI=1S/C40H38ClN5O8PS.2Na.H2O/c1-2-22-43-27-38(48)45-35(24-29-11-16-33(17-12-29)54-55(50)51)40(49)42(26-36(45)46(43)37(47)20-13-28-7-4-3-5-8-28)25-31-10-6-9-30-21-23-44(39(30)31)56(52,53)34-18-14-32(41)15-19-34;;;/h2-12,14-19,21,23,35-36,50H,1,13,20,22,24-27H2;;;1H2/q-1;2*+1;/p-1/t35-,36-;;;/m0.../s1. The summed E-state index contributed by atoms with van der Waals surface area (Å²) in [6.45, 7) is 3.82. The number of fused-ring (bicyclic) bond motifs is 2. The van der Waals surface area contributed by atoms with Crippen LogP contribution in [0.3, 0.4) is 0 Å². The van der Waals surface area contributed by atoms with Crippen molar-refractivity contribution in [1.82, 2.24) is 23.8 Å². The Balaban J connectivity index is 0.00000256. The molecule has 0 spiro atoms. The van der Waals surface area contributed by atoms with E-state index in [0.29, 0.717) is 33.5 Å². The molecule has 5 aromatic rings. The van der Waals surface area contributed by atoms with Crippen LogP contribution in [0.5, 0.6) is 5.75 Å². The van der Waals surface area contributed by atoms with Crippen LogP contribution in [0.15, 0.2) is 127 Å². The number of hydrogen-bond acceptors (Lipinski definition) is 10. The second kappa shape index (κ2) is 21.1. The minimum Gasteiger partial charge on any atom is -0.870 e. The first-order valence-corrected chi connectivity index (χ1v) is 20.7. The van der Waals surface area contributed by atoms with Crippen LogP contribution >= 0.6 is 20.2 Å². The first kappa shape index (κ1) is 48.5. The third kappa shape index (κ3) is 10.7. The fourth-order valence-corrected chi connectivity index (χ4v) is 9.22. The Kier molecular flexibility index (Phi) is 17.4. The van der Waals surface area contributed by atoms with Crippen molar-refractivity contribution in [1.29, 1.82) is 0 Å². The molecule has 14 nitrogen and oxygen atoms in total. The van der Waals surface area contributed by atoms with Crippen molar-refractivity contribution in [3.05, 3.63) is 144 Å². The SMILES string of the molecule is C=CCN1CC(=O)N2[C@@H](Cc3ccc(OP([O-])O)cc3)C(=O)N(Cc3cccc4ccn(S(=O)(=O)c5ccc(Cl)cc5)c34)C[C@@H]2N1C(=O)CCc1ccccc1.[Na+].[Na+].[OH-]. The topological polar surface area (TPSA) is 186 Å². The molecule has 2 aliphatic heterocycles. The quantitative estimate of drug-likeness (QED) is 0.0814. The zero-order valence-electron chi connectivity index (χ0n) is 32.5. The minimum atomic E-state index is -4.08. The van der Waals surface area contributed by atoms with Gasteiger partial charge in [0, 0.05) is 42.5 Å². The van der Waals surface area contributed by atoms with E-state index in [1.807, 2.05) is 30.3 Å². The molecule has 7 rings (SSSR count). The monoisotopic (exact) mass is 877 g/mol. The number of carbonyl (C=O) groups excluding carboxylic acids is 3. The first-order valence-electron chi connectivity index (χ1n) is 17.8. The number of hydrogen-bond donors (Lipinski definition) is 1. The molecule has 3 atom stereocenters. The van der Waals surface area contributed by atoms with E-state index in [2.05, 4.69) is 6.58 Å². The molecule has 19 heteroatoms. The van der Waals surface area contributed by atoms with Crippen LogP contribution < -0.4 is 68.5 Å². The third-order valence-corrected chi connectivity index (χ3v) is 12.2. The van der Waals surface area contributed by atoms with E-state index in [1.54, 1.807) is 57.4 Å². The number of hydrazine groups is 1. The maximum absolute atomic E-state index is 14.7. The van der Waals surface area contributed by atoms with Crippen molar-refractivity contribution >= 4 is 58.9 Å². The molecule has 2 saturated heterocycles. The van der Waals surface area contributed by atoms with Gasteiger partial charge in [-0.25, -0.2) is 22.4 Å². The van der Waals surface area contributed by atoms with Gasteiger partial charge in [-0.1, -0.05) is 78.3 Å². The third-order valence-electron chi connectivity index (χ3n) is 9.92. The van der Waals surface area contributed by atoms with Gasteiger partial charge in [0.2, 0.25) is 17.7 Å². The molecule has 0 radical (unpaired) electrons. The number of halogens is 1. The van der Waals surface area contributed by atoms with Gasteiger partial charge in [-0.15, -0.1) is 6.58 Å². The molecule has 0 aliphatic carbocycles. The molecule has 298 valence electrons. The Morgan fingerprint density at radius 3 is 2.31 bits per heavy atom. The fraction of sp³-hybridized carbons (Fsp3) is 0.225. The molecular weight excluding hydrogens is 839 g/mol. The van der Waals surface area contributed by atoms with Gasteiger partial charge in [0.25, 0.3) is 10.0 Å².